The minimum atomic E-state index is 0.583. The molecule has 0 N–H and O–H groups in total. The zero-order valence-electron chi connectivity index (χ0n) is 8.56. The van der Waals surface area contributed by atoms with Gasteiger partial charge in [-0.1, -0.05) is 0 Å². The summed E-state index contributed by atoms with van der Waals surface area (Å²) in [5.74, 6) is 1.18. The van der Waals surface area contributed by atoms with Crippen LogP contribution in [0.1, 0.15) is 31.1 Å². The number of hydrogen-bond donors (Lipinski definition) is 0. The topological polar surface area (TPSA) is 34.0 Å². The number of nitrogens with zero attached hydrogens (tertiary/aromatic N) is 4. The van der Waals surface area contributed by atoms with Gasteiger partial charge in [-0.15, -0.1) is 0 Å². The lowest BCUT2D eigenvalue weighted by atomic mass is 9.90. The van der Waals surface area contributed by atoms with Gasteiger partial charge in [0.15, 0.2) is 0 Å². The molecule has 14 heavy (non-hydrogen) atoms. The lowest BCUT2D eigenvalue weighted by molar-refractivity contribution is 0.0940. The van der Waals surface area contributed by atoms with Gasteiger partial charge in [0.05, 0.1) is 6.04 Å². The number of rotatable bonds is 0. The molecule has 0 amide bonds. The zero-order chi connectivity index (χ0) is 9.54. The molecule has 0 aliphatic carbocycles. The number of likely N-dealkylation sites (tertiary alicyclic amines) is 1. The molecule has 0 saturated carbocycles. The molecule has 76 valence electrons. The molecule has 1 fully saturated rings. The van der Waals surface area contributed by atoms with Crippen LogP contribution in [0.3, 0.4) is 0 Å². The molecule has 0 bridgehead atoms. The van der Waals surface area contributed by atoms with E-state index >= 15 is 0 Å². The van der Waals surface area contributed by atoms with Gasteiger partial charge in [0.2, 0.25) is 0 Å². The molecule has 3 rings (SSSR count). The van der Waals surface area contributed by atoms with E-state index < -0.39 is 0 Å². The Bertz CT molecular complexity index is 333. The lowest BCUT2D eigenvalue weighted by Crippen LogP contribution is -2.46. The zero-order valence-corrected chi connectivity index (χ0v) is 8.56. The van der Waals surface area contributed by atoms with Crippen LogP contribution in [0.15, 0.2) is 6.33 Å². The predicted octanol–water partition coefficient (Wildman–Crippen LogP) is 0.860. The molecule has 0 radical (unpaired) electrons. The molecular formula is C10H16N4. The molecule has 3 heterocycles. The first-order valence-electron chi connectivity index (χ1n) is 5.45. The van der Waals surface area contributed by atoms with Crippen molar-refractivity contribution in [2.75, 3.05) is 13.6 Å². The van der Waals surface area contributed by atoms with Gasteiger partial charge in [-0.3, -0.25) is 0 Å². The summed E-state index contributed by atoms with van der Waals surface area (Å²) in [7, 11) is 2.23. The van der Waals surface area contributed by atoms with E-state index in [1.165, 1.54) is 31.6 Å². The van der Waals surface area contributed by atoms with Crippen molar-refractivity contribution in [3.05, 3.63) is 12.2 Å². The normalized spacial score (nSPS) is 32.4. The number of aromatic nitrogens is 3. The first-order valence-corrected chi connectivity index (χ1v) is 5.45. The second kappa shape index (κ2) is 3.05. The Morgan fingerprint density at radius 2 is 2.29 bits per heavy atom. The highest BCUT2D eigenvalue weighted by Crippen LogP contribution is 2.33. The lowest BCUT2D eigenvalue weighted by Gasteiger charge is -2.42. The van der Waals surface area contributed by atoms with Crippen LogP contribution >= 0.6 is 0 Å². The van der Waals surface area contributed by atoms with E-state index in [0.717, 1.165) is 6.42 Å². The van der Waals surface area contributed by atoms with Crippen LogP contribution in [0.5, 0.6) is 0 Å². The van der Waals surface area contributed by atoms with Crippen LogP contribution in [0.4, 0.5) is 0 Å². The maximum Gasteiger partial charge on any atom is 0.138 e. The molecule has 2 atom stereocenters. The molecule has 0 spiro atoms. The molecule has 1 aromatic rings. The van der Waals surface area contributed by atoms with Gasteiger partial charge in [0.25, 0.3) is 0 Å². The number of hydrogen-bond acceptors (Lipinski definition) is 3. The Balaban J connectivity index is 1.96. The fourth-order valence-corrected chi connectivity index (χ4v) is 2.91. The minimum Gasteiger partial charge on any atom is -0.301 e. The van der Waals surface area contributed by atoms with Crippen molar-refractivity contribution in [3.63, 3.8) is 0 Å². The molecular weight excluding hydrogens is 176 g/mol. The smallest absolute Gasteiger partial charge is 0.138 e. The molecule has 0 aromatic carbocycles. The van der Waals surface area contributed by atoms with Crippen molar-refractivity contribution in [1.82, 2.24) is 19.7 Å². The summed E-state index contributed by atoms with van der Waals surface area (Å²) in [6.07, 6.45) is 6.60. The molecule has 4 nitrogen and oxygen atoms in total. The van der Waals surface area contributed by atoms with Crippen LogP contribution in [0.25, 0.3) is 0 Å². The van der Waals surface area contributed by atoms with Crippen molar-refractivity contribution >= 4 is 0 Å². The quantitative estimate of drug-likeness (QED) is 0.611. The number of likely N-dealkylation sites (N-methyl/N-ethyl adjacent to an activating group) is 1. The van der Waals surface area contributed by atoms with E-state index in [9.17, 15) is 0 Å². The van der Waals surface area contributed by atoms with Gasteiger partial charge in [-0.25, -0.2) is 9.67 Å². The van der Waals surface area contributed by atoms with Crippen molar-refractivity contribution in [2.24, 2.45) is 0 Å². The molecule has 1 aromatic heterocycles. The largest absolute Gasteiger partial charge is 0.301 e. The van der Waals surface area contributed by atoms with E-state index in [2.05, 4.69) is 26.7 Å². The SMILES string of the molecule is CN1CCCC2C1CCc1ncnn12. The monoisotopic (exact) mass is 192 g/mol. The molecule has 2 unspecified atom stereocenters. The highest BCUT2D eigenvalue weighted by Gasteiger charge is 2.35. The van der Waals surface area contributed by atoms with Crippen LogP contribution in [0.2, 0.25) is 0 Å². The Labute approximate surface area is 83.9 Å². The van der Waals surface area contributed by atoms with E-state index in [-0.39, 0.29) is 0 Å². The Hall–Kier alpha value is -0.900. The fourth-order valence-electron chi connectivity index (χ4n) is 2.91. The van der Waals surface area contributed by atoms with Crippen LogP contribution in [-0.4, -0.2) is 39.3 Å². The van der Waals surface area contributed by atoms with Gasteiger partial charge in [0, 0.05) is 12.5 Å². The summed E-state index contributed by atoms with van der Waals surface area (Å²) in [5, 5.41) is 4.35. The van der Waals surface area contributed by atoms with E-state index in [0.29, 0.717) is 12.1 Å². The first-order chi connectivity index (χ1) is 6.86. The maximum absolute atomic E-state index is 4.35. The van der Waals surface area contributed by atoms with Crippen LogP contribution < -0.4 is 0 Å². The fraction of sp³-hybridized carbons (Fsp3) is 0.800. The van der Waals surface area contributed by atoms with E-state index in [1.807, 2.05) is 0 Å². The average Bonchev–Trinajstić information content (AvgIpc) is 2.66. The third kappa shape index (κ3) is 1.10. The van der Waals surface area contributed by atoms with Crippen LogP contribution in [-0.2, 0) is 6.42 Å². The van der Waals surface area contributed by atoms with Crippen molar-refractivity contribution in [3.8, 4) is 0 Å². The van der Waals surface area contributed by atoms with Crippen molar-refractivity contribution in [2.45, 2.75) is 37.8 Å². The van der Waals surface area contributed by atoms with E-state index in [4.69, 9.17) is 0 Å². The predicted molar refractivity (Wildman–Crippen MR) is 53.0 cm³/mol. The third-order valence-electron chi connectivity index (χ3n) is 3.65. The van der Waals surface area contributed by atoms with Gasteiger partial charge in [0.1, 0.15) is 12.2 Å². The number of fused-ring (bicyclic) bond motifs is 3. The van der Waals surface area contributed by atoms with Gasteiger partial charge < -0.3 is 4.90 Å². The highest BCUT2D eigenvalue weighted by molar-refractivity contribution is 5.00. The highest BCUT2D eigenvalue weighted by atomic mass is 15.4. The number of piperidine rings is 1. The van der Waals surface area contributed by atoms with Gasteiger partial charge in [-0.2, -0.15) is 5.10 Å². The summed E-state index contributed by atoms with van der Waals surface area (Å²) < 4.78 is 2.16. The Morgan fingerprint density at radius 3 is 3.21 bits per heavy atom. The molecule has 1 saturated heterocycles. The molecule has 2 aliphatic rings. The first kappa shape index (κ1) is 8.41. The maximum atomic E-state index is 4.35. The molecule has 2 aliphatic heterocycles. The summed E-state index contributed by atoms with van der Waals surface area (Å²) in [4.78, 5) is 6.79. The van der Waals surface area contributed by atoms with Crippen LogP contribution in [0, 0.1) is 0 Å². The second-order valence-corrected chi connectivity index (χ2v) is 4.42. The Morgan fingerprint density at radius 1 is 1.36 bits per heavy atom. The third-order valence-corrected chi connectivity index (χ3v) is 3.65. The molecule has 4 heteroatoms. The van der Waals surface area contributed by atoms with Crippen molar-refractivity contribution in [1.29, 1.82) is 0 Å². The van der Waals surface area contributed by atoms with E-state index in [1.54, 1.807) is 6.33 Å². The minimum absolute atomic E-state index is 0.583. The summed E-state index contributed by atoms with van der Waals surface area (Å²) in [5.41, 5.74) is 0. The summed E-state index contributed by atoms with van der Waals surface area (Å²) in [6, 6.07) is 1.28. The average molecular weight is 192 g/mol. The van der Waals surface area contributed by atoms with Gasteiger partial charge in [-0.05, 0) is 32.9 Å². The van der Waals surface area contributed by atoms with Crippen molar-refractivity contribution < 1.29 is 0 Å². The standard InChI is InChI=1S/C10H16N4/c1-13-6-2-3-9-8(13)4-5-10-11-7-12-14(9)10/h7-9H,2-6H2,1H3. The second-order valence-electron chi connectivity index (χ2n) is 4.42. The van der Waals surface area contributed by atoms with Gasteiger partial charge >= 0.3 is 0 Å². The summed E-state index contributed by atoms with van der Waals surface area (Å²) in [6.45, 7) is 1.24. The summed E-state index contributed by atoms with van der Waals surface area (Å²) >= 11 is 0. The number of aryl methyl sites for hydroxylation is 1. The Kier molecular flexibility index (Phi) is 1.83.